The molecule has 0 nitrogen and oxygen atoms in total. The Morgan fingerprint density at radius 2 is 1.07 bits per heavy atom. The van der Waals surface area contributed by atoms with E-state index in [1.165, 1.54) is 121 Å². The topological polar surface area (TPSA) is 0 Å². The molecule has 0 fully saturated rings. The lowest BCUT2D eigenvalue weighted by molar-refractivity contribution is 0.574. The summed E-state index contributed by atoms with van der Waals surface area (Å²) >= 11 is 0. The summed E-state index contributed by atoms with van der Waals surface area (Å²) in [6.07, 6.45) is 29.5. The number of benzene rings is 1. The van der Waals surface area contributed by atoms with Crippen molar-refractivity contribution >= 4 is 6.08 Å². The van der Waals surface area contributed by atoms with Crippen LogP contribution in [0.2, 0.25) is 0 Å². The van der Waals surface area contributed by atoms with Gasteiger partial charge in [-0.05, 0) is 49.3 Å². The van der Waals surface area contributed by atoms with Crippen molar-refractivity contribution < 1.29 is 0 Å². The SMILES string of the molecule is CC=Cc1ccc(CCCCCCCCCC)cc1CCCCCCCCCC. The van der Waals surface area contributed by atoms with Crippen molar-refractivity contribution in [3.8, 4) is 0 Å². The van der Waals surface area contributed by atoms with Crippen LogP contribution in [0.5, 0.6) is 0 Å². The fraction of sp³-hybridized carbons (Fsp3) is 0.724. The number of hydrogen-bond acceptors (Lipinski definition) is 0. The largest absolute Gasteiger partial charge is 0.0871 e. The lowest BCUT2D eigenvalue weighted by Gasteiger charge is -2.10. The van der Waals surface area contributed by atoms with E-state index in [2.05, 4.69) is 51.1 Å². The summed E-state index contributed by atoms with van der Waals surface area (Å²) in [5, 5.41) is 0. The molecule has 0 unspecified atom stereocenters. The number of hydrogen-bond donors (Lipinski definition) is 0. The lowest BCUT2D eigenvalue weighted by atomic mass is 9.95. The summed E-state index contributed by atoms with van der Waals surface area (Å²) in [5.74, 6) is 0. The first-order valence-corrected chi connectivity index (χ1v) is 13.1. The van der Waals surface area contributed by atoms with Gasteiger partial charge in [0.25, 0.3) is 0 Å². The van der Waals surface area contributed by atoms with Gasteiger partial charge < -0.3 is 0 Å². The van der Waals surface area contributed by atoms with Crippen molar-refractivity contribution in [1.29, 1.82) is 0 Å². The zero-order chi connectivity index (χ0) is 21.0. The molecule has 0 heterocycles. The molecule has 0 N–H and O–H groups in total. The molecule has 0 aliphatic carbocycles. The number of rotatable bonds is 19. The Kier molecular flexibility index (Phi) is 17.0. The van der Waals surface area contributed by atoms with Crippen molar-refractivity contribution in [2.24, 2.45) is 0 Å². The average Bonchev–Trinajstić information content (AvgIpc) is 2.73. The second kappa shape index (κ2) is 19.0. The zero-order valence-electron chi connectivity index (χ0n) is 20.1. The molecule has 0 saturated carbocycles. The number of allylic oxidation sites excluding steroid dienone is 1. The van der Waals surface area contributed by atoms with Crippen LogP contribution in [0.3, 0.4) is 0 Å². The van der Waals surface area contributed by atoms with Crippen LogP contribution in [0, 0.1) is 0 Å². The smallest absolute Gasteiger partial charge is 0.0228 e. The Balaban J connectivity index is 2.31. The first-order chi connectivity index (χ1) is 14.3. The second-order valence-electron chi connectivity index (χ2n) is 8.98. The lowest BCUT2D eigenvalue weighted by Crippen LogP contribution is -1.95. The Morgan fingerprint density at radius 3 is 1.59 bits per heavy atom. The molecule has 0 spiro atoms. The third-order valence-corrected chi connectivity index (χ3v) is 6.17. The molecule has 0 aliphatic rings. The minimum absolute atomic E-state index is 1.25. The molecular weight excluding hydrogens is 348 g/mol. The van der Waals surface area contributed by atoms with Gasteiger partial charge in [0.15, 0.2) is 0 Å². The van der Waals surface area contributed by atoms with Crippen molar-refractivity contribution in [3.63, 3.8) is 0 Å². The van der Waals surface area contributed by atoms with Crippen molar-refractivity contribution in [1.82, 2.24) is 0 Å². The fourth-order valence-corrected chi connectivity index (χ4v) is 4.29. The maximum absolute atomic E-state index is 2.51. The van der Waals surface area contributed by atoms with Crippen LogP contribution in [-0.2, 0) is 12.8 Å². The van der Waals surface area contributed by atoms with Crippen LogP contribution in [-0.4, -0.2) is 0 Å². The average molecular weight is 399 g/mol. The molecule has 1 rings (SSSR count). The fourth-order valence-electron chi connectivity index (χ4n) is 4.29. The van der Waals surface area contributed by atoms with Crippen molar-refractivity contribution in [3.05, 3.63) is 41.0 Å². The van der Waals surface area contributed by atoms with Gasteiger partial charge >= 0.3 is 0 Å². The van der Waals surface area contributed by atoms with Gasteiger partial charge in [0, 0.05) is 0 Å². The molecule has 0 saturated heterocycles. The van der Waals surface area contributed by atoms with Gasteiger partial charge in [0.05, 0.1) is 0 Å². The molecule has 0 aromatic heterocycles. The van der Waals surface area contributed by atoms with E-state index >= 15 is 0 Å². The normalized spacial score (nSPS) is 11.6. The predicted octanol–water partition coefficient (Wildman–Crippen LogP) is 10.1. The highest BCUT2D eigenvalue weighted by atomic mass is 14.1. The highest BCUT2D eigenvalue weighted by Gasteiger charge is 2.03. The Morgan fingerprint density at radius 1 is 0.586 bits per heavy atom. The molecule has 0 radical (unpaired) electrons. The molecule has 0 heteroatoms. The van der Waals surface area contributed by atoms with Crippen LogP contribution >= 0.6 is 0 Å². The van der Waals surface area contributed by atoms with Crippen LogP contribution in [0.15, 0.2) is 24.3 Å². The summed E-state index contributed by atoms with van der Waals surface area (Å²) in [6, 6.07) is 7.24. The van der Waals surface area contributed by atoms with E-state index < -0.39 is 0 Å². The molecule has 0 atom stereocenters. The summed E-state index contributed by atoms with van der Waals surface area (Å²) < 4.78 is 0. The predicted molar refractivity (Wildman–Crippen MR) is 134 cm³/mol. The first-order valence-electron chi connectivity index (χ1n) is 13.1. The summed E-state index contributed by atoms with van der Waals surface area (Å²) in [7, 11) is 0. The van der Waals surface area contributed by atoms with Crippen LogP contribution < -0.4 is 0 Å². The van der Waals surface area contributed by atoms with Gasteiger partial charge in [-0.25, -0.2) is 0 Å². The molecular formula is C29H50. The Hall–Kier alpha value is -1.04. The third kappa shape index (κ3) is 13.7. The number of unbranched alkanes of at least 4 members (excludes halogenated alkanes) is 14. The van der Waals surface area contributed by atoms with Gasteiger partial charge in [-0.1, -0.05) is 134 Å². The number of aryl methyl sites for hydroxylation is 2. The Bertz CT molecular complexity index is 511. The minimum Gasteiger partial charge on any atom is -0.0871 e. The quantitative estimate of drug-likeness (QED) is 0.203. The van der Waals surface area contributed by atoms with Crippen LogP contribution in [0.25, 0.3) is 6.08 Å². The van der Waals surface area contributed by atoms with E-state index in [0.29, 0.717) is 0 Å². The van der Waals surface area contributed by atoms with Gasteiger partial charge in [0.2, 0.25) is 0 Å². The van der Waals surface area contributed by atoms with E-state index in [0.717, 1.165) is 0 Å². The monoisotopic (exact) mass is 398 g/mol. The molecule has 29 heavy (non-hydrogen) atoms. The standard InChI is InChI=1S/C29H50/c1-4-7-9-11-13-15-17-19-22-27-24-25-28(21-6-3)29(26-27)23-20-18-16-14-12-10-8-5-2/h6,21,24-26H,4-5,7-20,22-23H2,1-3H3. The Labute approximate surface area is 183 Å². The maximum atomic E-state index is 2.51. The second-order valence-corrected chi connectivity index (χ2v) is 8.98. The summed E-state index contributed by atoms with van der Waals surface area (Å²) in [6.45, 7) is 6.73. The van der Waals surface area contributed by atoms with Crippen LogP contribution in [0.1, 0.15) is 140 Å². The summed E-state index contributed by atoms with van der Waals surface area (Å²) in [5.41, 5.74) is 4.57. The first kappa shape index (κ1) is 26.0. The zero-order valence-corrected chi connectivity index (χ0v) is 20.1. The van der Waals surface area contributed by atoms with Gasteiger partial charge in [0.1, 0.15) is 0 Å². The van der Waals surface area contributed by atoms with E-state index in [1.807, 2.05) is 0 Å². The molecule has 0 bridgehead atoms. The van der Waals surface area contributed by atoms with E-state index in [9.17, 15) is 0 Å². The van der Waals surface area contributed by atoms with Crippen molar-refractivity contribution in [2.75, 3.05) is 0 Å². The van der Waals surface area contributed by atoms with Gasteiger partial charge in [-0.15, -0.1) is 0 Å². The van der Waals surface area contributed by atoms with Gasteiger partial charge in [-0.3, -0.25) is 0 Å². The molecule has 0 aliphatic heterocycles. The molecule has 0 amide bonds. The van der Waals surface area contributed by atoms with Gasteiger partial charge in [-0.2, -0.15) is 0 Å². The molecule has 1 aromatic rings. The minimum atomic E-state index is 1.25. The summed E-state index contributed by atoms with van der Waals surface area (Å²) in [4.78, 5) is 0. The van der Waals surface area contributed by atoms with E-state index in [1.54, 1.807) is 11.1 Å². The maximum Gasteiger partial charge on any atom is -0.0228 e. The highest BCUT2D eigenvalue weighted by Crippen LogP contribution is 2.20. The van der Waals surface area contributed by atoms with E-state index in [-0.39, 0.29) is 0 Å². The third-order valence-electron chi connectivity index (χ3n) is 6.17. The van der Waals surface area contributed by atoms with E-state index in [4.69, 9.17) is 0 Å². The highest BCUT2D eigenvalue weighted by molar-refractivity contribution is 5.54. The molecule has 166 valence electrons. The van der Waals surface area contributed by atoms with Crippen molar-refractivity contribution in [2.45, 2.75) is 136 Å². The van der Waals surface area contributed by atoms with Crippen LogP contribution in [0.4, 0.5) is 0 Å². The molecule has 1 aromatic carbocycles.